The lowest BCUT2D eigenvalue weighted by molar-refractivity contribution is -0.150. The second-order valence-electron chi connectivity index (χ2n) is 6.66. The van der Waals surface area contributed by atoms with Gasteiger partial charge in [-0.25, -0.2) is 0 Å². The molecule has 0 aromatic carbocycles. The fourth-order valence-electron chi connectivity index (χ4n) is 2.35. The van der Waals surface area contributed by atoms with Crippen molar-refractivity contribution in [2.45, 2.75) is 52.6 Å². The first kappa shape index (κ1) is 16.0. The average Bonchev–Trinajstić information content (AvgIpc) is 2.23. The van der Waals surface area contributed by atoms with Gasteiger partial charge in [0.15, 0.2) is 0 Å². The molecule has 1 rings (SSSR count). The van der Waals surface area contributed by atoms with Gasteiger partial charge in [-0.15, -0.1) is 0 Å². The number of carbonyl (C=O) groups excluding carboxylic acids is 2. The smallest absolute Gasteiger partial charge is 0.242 e. The molecule has 2 amide bonds. The highest BCUT2D eigenvalue weighted by molar-refractivity contribution is 5.87. The van der Waals surface area contributed by atoms with Crippen LogP contribution in [0.3, 0.4) is 0 Å². The summed E-state index contributed by atoms with van der Waals surface area (Å²) in [5, 5.41) is 2.94. The van der Waals surface area contributed by atoms with E-state index in [0.717, 1.165) is 13.1 Å². The highest BCUT2D eigenvalue weighted by Crippen LogP contribution is 2.22. The molecule has 0 saturated carbocycles. The zero-order chi connectivity index (χ0) is 14.8. The SMILES string of the molecule is CCN1CCN(CC(=O)NC(C)(C)C)C(C)(C)C1=O. The Morgan fingerprint density at radius 2 is 1.89 bits per heavy atom. The third-order valence-corrected chi connectivity index (χ3v) is 3.47. The molecule has 1 heterocycles. The fraction of sp³-hybridized carbons (Fsp3) is 0.857. The molecule has 19 heavy (non-hydrogen) atoms. The van der Waals surface area contributed by atoms with Crippen LogP contribution in [0.15, 0.2) is 0 Å². The lowest BCUT2D eigenvalue weighted by atomic mass is 9.97. The Labute approximate surface area is 116 Å². The molecule has 110 valence electrons. The summed E-state index contributed by atoms with van der Waals surface area (Å²) in [5.41, 5.74) is -0.847. The Balaban J connectivity index is 2.69. The molecule has 0 aliphatic carbocycles. The van der Waals surface area contributed by atoms with Gasteiger partial charge in [-0.05, 0) is 41.5 Å². The number of hydrogen-bond donors (Lipinski definition) is 1. The van der Waals surface area contributed by atoms with Crippen LogP contribution in [-0.2, 0) is 9.59 Å². The largest absolute Gasteiger partial charge is 0.350 e. The van der Waals surface area contributed by atoms with Crippen LogP contribution in [0.2, 0.25) is 0 Å². The van der Waals surface area contributed by atoms with E-state index in [1.807, 2.05) is 51.3 Å². The predicted octanol–water partition coefficient (Wildman–Crippen LogP) is 0.844. The fourth-order valence-corrected chi connectivity index (χ4v) is 2.35. The molecule has 0 unspecified atom stereocenters. The summed E-state index contributed by atoms with van der Waals surface area (Å²) in [5.74, 6) is 0.0723. The highest BCUT2D eigenvalue weighted by atomic mass is 16.2. The van der Waals surface area contributed by atoms with Crippen molar-refractivity contribution >= 4 is 11.8 Å². The van der Waals surface area contributed by atoms with Crippen molar-refractivity contribution in [1.82, 2.24) is 15.1 Å². The molecule has 5 nitrogen and oxygen atoms in total. The molecule has 0 bridgehead atoms. The van der Waals surface area contributed by atoms with Crippen LogP contribution in [0.25, 0.3) is 0 Å². The molecule has 1 aliphatic heterocycles. The molecule has 0 aromatic heterocycles. The van der Waals surface area contributed by atoms with Crippen molar-refractivity contribution < 1.29 is 9.59 Å². The van der Waals surface area contributed by atoms with Gasteiger partial charge in [0, 0.05) is 25.2 Å². The second-order valence-corrected chi connectivity index (χ2v) is 6.66. The maximum atomic E-state index is 12.3. The van der Waals surface area contributed by atoms with Gasteiger partial charge in [0.2, 0.25) is 11.8 Å². The summed E-state index contributed by atoms with van der Waals surface area (Å²) in [7, 11) is 0. The van der Waals surface area contributed by atoms with Crippen LogP contribution in [0.1, 0.15) is 41.5 Å². The van der Waals surface area contributed by atoms with E-state index in [-0.39, 0.29) is 23.9 Å². The van der Waals surface area contributed by atoms with E-state index >= 15 is 0 Å². The Hall–Kier alpha value is -1.10. The predicted molar refractivity (Wildman–Crippen MR) is 75.8 cm³/mol. The number of nitrogens with zero attached hydrogens (tertiary/aromatic N) is 2. The molecule has 1 saturated heterocycles. The van der Waals surface area contributed by atoms with Crippen LogP contribution < -0.4 is 5.32 Å². The monoisotopic (exact) mass is 269 g/mol. The van der Waals surface area contributed by atoms with E-state index in [2.05, 4.69) is 5.32 Å². The van der Waals surface area contributed by atoms with Crippen LogP contribution in [0.4, 0.5) is 0 Å². The quantitative estimate of drug-likeness (QED) is 0.826. The van der Waals surface area contributed by atoms with Crippen molar-refractivity contribution in [3.05, 3.63) is 0 Å². The molecule has 1 aliphatic rings. The summed E-state index contributed by atoms with van der Waals surface area (Å²) < 4.78 is 0. The van der Waals surface area contributed by atoms with Crippen molar-refractivity contribution in [3.63, 3.8) is 0 Å². The van der Waals surface area contributed by atoms with Gasteiger partial charge in [0.25, 0.3) is 0 Å². The lowest BCUT2D eigenvalue weighted by Gasteiger charge is -2.45. The van der Waals surface area contributed by atoms with E-state index in [0.29, 0.717) is 6.54 Å². The van der Waals surface area contributed by atoms with Gasteiger partial charge in [-0.1, -0.05) is 0 Å². The summed E-state index contributed by atoms with van der Waals surface area (Å²) in [6.45, 7) is 14.1. The van der Waals surface area contributed by atoms with E-state index in [1.165, 1.54) is 0 Å². The first-order valence-corrected chi connectivity index (χ1v) is 6.93. The molecule has 0 atom stereocenters. The normalized spacial score (nSPS) is 20.5. The number of likely N-dealkylation sites (N-methyl/N-ethyl adjacent to an activating group) is 1. The average molecular weight is 269 g/mol. The minimum absolute atomic E-state index is 0.0293. The molecule has 1 N–H and O–H groups in total. The molecular weight excluding hydrogens is 242 g/mol. The third-order valence-electron chi connectivity index (χ3n) is 3.47. The Kier molecular flexibility index (Phi) is 4.61. The molecule has 0 aromatic rings. The van der Waals surface area contributed by atoms with Crippen molar-refractivity contribution in [2.24, 2.45) is 0 Å². The Morgan fingerprint density at radius 1 is 1.32 bits per heavy atom. The van der Waals surface area contributed by atoms with Gasteiger partial charge >= 0.3 is 0 Å². The maximum Gasteiger partial charge on any atom is 0.242 e. The van der Waals surface area contributed by atoms with Crippen LogP contribution in [0.5, 0.6) is 0 Å². The second kappa shape index (κ2) is 5.49. The van der Waals surface area contributed by atoms with Gasteiger partial charge < -0.3 is 10.2 Å². The van der Waals surface area contributed by atoms with E-state index < -0.39 is 5.54 Å². The number of piperazine rings is 1. The first-order valence-electron chi connectivity index (χ1n) is 6.93. The zero-order valence-corrected chi connectivity index (χ0v) is 13.0. The van der Waals surface area contributed by atoms with E-state index in [4.69, 9.17) is 0 Å². The minimum Gasteiger partial charge on any atom is -0.350 e. The number of rotatable bonds is 3. The van der Waals surface area contributed by atoms with Gasteiger partial charge in [-0.2, -0.15) is 0 Å². The lowest BCUT2D eigenvalue weighted by Crippen LogP contribution is -2.64. The standard InChI is InChI=1S/C14H27N3O2/c1-7-16-8-9-17(14(5,6)12(16)19)10-11(18)15-13(2,3)4/h7-10H2,1-6H3,(H,15,18). The molecule has 1 fully saturated rings. The number of amides is 2. The minimum atomic E-state index is -0.608. The molecule has 5 heteroatoms. The highest BCUT2D eigenvalue weighted by Gasteiger charge is 2.41. The molecule has 0 spiro atoms. The van der Waals surface area contributed by atoms with Crippen LogP contribution in [-0.4, -0.2) is 58.9 Å². The van der Waals surface area contributed by atoms with Crippen LogP contribution in [0, 0.1) is 0 Å². The van der Waals surface area contributed by atoms with E-state index in [9.17, 15) is 9.59 Å². The number of hydrogen-bond acceptors (Lipinski definition) is 3. The van der Waals surface area contributed by atoms with Crippen LogP contribution >= 0.6 is 0 Å². The topological polar surface area (TPSA) is 52.6 Å². The summed E-state index contributed by atoms with van der Waals surface area (Å²) in [6.07, 6.45) is 0. The zero-order valence-electron chi connectivity index (χ0n) is 13.0. The summed E-state index contributed by atoms with van der Waals surface area (Å²) in [4.78, 5) is 28.1. The van der Waals surface area contributed by atoms with Gasteiger partial charge in [0.05, 0.1) is 12.1 Å². The van der Waals surface area contributed by atoms with Gasteiger partial charge in [0.1, 0.15) is 0 Å². The van der Waals surface area contributed by atoms with Crippen molar-refractivity contribution in [2.75, 3.05) is 26.2 Å². The Bertz CT molecular complexity index is 358. The van der Waals surface area contributed by atoms with E-state index in [1.54, 1.807) is 0 Å². The number of nitrogens with one attached hydrogen (secondary N) is 1. The maximum absolute atomic E-state index is 12.3. The van der Waals surface area contributed by atoms with Gasteiger partial charge in [-0.3, -0.25) is 14.5 Å². The summed E-state index contributed by atoms with van der Waals surface area (Å²) in [6, 6.07) is 0. The third kappa shape index (κ3) is 3.93. The van der Waals surface area contributed by atoms with Crippen molar-refractivity contribution in [3.8, 4) is 0 Å². The summed E-state index contributed by atoms with van der Waals surface area (Å²) >= 11 is 0. The first-order chi connectivity index (χ1) is 8.58. The Morgan fingerprint density at radius 3 is 2.37 bits per heavy atom. The van der Waals surface area contributed by atoms with Crippen molar-refractivity contribution in [1.29, 1.82) is 0 Å². The molecular formula is C14H27N3O2. The number of carbonyl (C=O) groups is 2. The molecule has 0 radical (unpaired) electrons.